The number of nitrogen functional groups attached to an aromatic ring is 1. The zero-order valence-electron chi connectivity index (χ0n) is 10.5. The van der Waals surface area contributed by atoms with Crippen molar-refractivity contribution in [2.24, 2.45) is 0 Å². The first-order valence-electron chi connectivity index (χ1n) is 5.85. The summed E-state index contributed by atoms with van der Waals surface area (Å²) in [6.07, 6.45) is 0. The Morgan fingerprint density at radius 3 is 2.62 bits per heavy atom. The third kappa shape index (κ3) is 2.74. The predicted molar refractivity (Wildman–Crippen MR) is 86.7 cm³/mol. The first kappa shape index (κ1) is 14.3. The molecule has 8 heteroatoms. The maximum absolute atomic E-state index is 6.22. The predicted octanol–water partition coefficient (Wildman–Crippen LogP) is 3.98. The summed E-state index contributed by atoms with van der Waals surface area (Å²) in [4.78, 5) is 0. The Kier molecular flexibility index (Phi) is 3.84. The van der Waals surface area contributed by atoms with E-state index in [2.05, 4.69) is 31.5 Å². The highest BCUT2D eigenvalue weighted by Gasteiger charge is 2.16. The smallest absolute Gasteiger partial charge is 0.188 e. The molecule has 3 rings (SSSR count). The Balaban J connectivity index is 2.17. The lowest BCUT2D eigenvalue weighted by molar-refractivity contribution is 0.789. The van der Waals surface area contributed by atoms with Crippen LogP contribution in [0.15, 0.2) is 40.9 Å². The quantitative estimate of drug-likeness (QED) is 0.678. The van der Waals surface area contributed by atoms with Gasteiger partial charge in [-0.2, -0.15) is 4.68 Å². The molecule has 0 bridgehead atoms. The van der Waals surface area contributed by atoms with Crippen LogP contribution in [0.3, 0.4) is 0 Å². The molecule has 21 heavy (non-hydrogen) atoms. The number of hydrogen-bond donors (Lipinski definition) is 1. The van der Waals surface area contributed by atoms with Gasteiger partial charge in [0.25, 0.3) is 0 Å². The Hall–Kier alpha value is -1.63. The minimum atomic E-state index is 0.483. The lowest BCUT2D eigenvalue weighted by Crippen LogP contribution is -2.01. The monoisotopic (exact) mass is 383 g/mol. The molecule has 0 saturated carbocycles. The minimum absolute atomic E-state index is 0.483. The number of hydrogen-bond acceptors (Lipinski definition) is 4. The first-order valence-corrected chi connectivity index (χ1v) is 7.40. The molecule has 2 aromatic carbocycles. The average Bonchev–Trinajstić information content (AvgIpc) is 2.87. The molecule has 3 aromatic rings. The average molecular weight is 385 g/mol. The lowest BCUT2D eigenvalue weighted by atomic mass is 10.2. The molecule has 0 aliphatic heterocycles. The number of halogens is 3. The van der Waals surface area contributed by atoms with Crippen molar-refractivity contribution in [3.63, 3.8) is 0 Å². The van der Waals surface area contributed by atoms with Crippen molar-refractivity contribution in [2.75, 3.05) is 5.73 Å². The van der Waals surface area contributed by atoms with E-state index in [0.717, 1.165) is 10.2 Å². The van der Waals surface area contributed by atoms with Gasteiger partial charge in [0.1, 0.15) is 0 Å². The molecule has 2 N–H and O–H groups in total. The Morgan fingerprint density at radius 1 is 1.10 bits per heavy atom. The van der Waals surface area contributed by atoms with Crippen LogP contribution >= 0.6 is 39.1 Å². The second-order valence-corrected chi connectivity index (χ2v) is 5.95. The molecule has 0 saturated heterocycles. The normalized spacial score (nSPS) is 10.8. The fraction of sp³-hybridized carbons (Fsp3) is 0. The van der Waals surface area contributed by atoms with Crippen LogP contribution in [-0.2, 0) is 0 Å². The van der Waals surface area contributed by atoms with E-state index in [1.54, 1.807) is 35.0 Å². The van der Waals surface area contributed by atoms with Crippen molar-refractivity contribution in [1.82, 2.24) is 20.2 Å². The molecule has 0 atom stereocenters. The van der Waals surface area contributed by atoms with Crippen LogP contribution in [0.4, 0.5) is 5.69 Å². The Labute approximate surface area is 138 Å². The topological polar surface area (TPSA) is 69.6 Å². The van der Waals surface area contributed by atoms with E-state index >= 15 is 0 Å². The van der Waals surface area contributed by atoms with Crippen molar-refractivity contribution in [3.05, 3.63) is 50.9 Å². The second kappa shape index (κ2) is 5.63. The standard InChI is InChI=1S/C13H8BrCl2N5/c14-10-5-7(15)1-4-12(10)21-13(18-19-20-21)9-3-2-8(17)6-11(9)16/h1-6H,17H2. The van der Waals surface area contributed by atoms with Crippen LogP contribution in [0.25, 0.3) is 17.1 Å². The van der Waals surface area contributed by atoms with Crippen LogP contribution in [0.5, 0.6) is 0 Å². The summed E-state index contributed by atoms with van der Waals surface area (Å²) >= 11 is 15.6. The molecule has 0 spiro atoms. The zero-order valence-corrected chi connectivity index (χ0v) is 13.6. The van der Waals surface area contributed by atoms with Crippen LogP contribution in [0, 0.1) is 0 Å². The van der Waals surface area contributed by atoms with E-state index in [-0.39, 0.29) is 0 Å². The molecule has 0 amide bonds. The molecule has 5 nitrogen and oxygen atoms in total. The number of aromatic nitrogens is 4. The summed E-state index contributed by atoms with van der Waals surface area (Å²) in [7, 11) is 0. The SMILES string of the molecule is Nc1ccc(-c2nnnn2-c2ccc(Cl)cc2Br)c(Cl)c1. The zero-order chi connectivity index (χ0) is 15.0. The van der Waals surface area contributed by atoms with Crippen LogP contribution < -0.4 is 5.73 Å². The van der Waals surface area contributed by atoms with E-state index in [1.165, 1.54) is 0 Å². The maximum Gasteiger partial charge on any atom is 0.188 e. The number of tetrazole rings is 1. The highest BCUT2D eigenvalue weighted by molar-refractivity contribution is 9.10. The number of benzene rings is 2. The van der Waals surface area contributed by atoms with Crippen molar-refractivity contribution >= 4 is 44.8 Å². The fourth-order valence-electron chi connectivity index (χ4n) is 1.88. The van der Waals surface area contributed by atoms with E-state index in [4.69, 9.17) is 28.9 Å². The molecule has 0 radical (unpaired) electrons. The Morgan fingerprint density at radius 2 is 1.90 bits per heavy atom. The molecule has 1 heterocycles. The lowest BCUT2D eigenvalue weighted by Gasteiger charge is -2.08. The van der Waals surface area contributed by atoms with Gasteiger partial charge in [-0.25, -0.2) is 0 Å². The minimum Gasteiger partial charge on any atom is -0.399 e. The molecule has 0 aliphatic carbocycles. The first-order chi connectivity index (χ1) is 10.1. The number of rotatable bonds is 2. The highest BCUT2D eigenvalue weighted by atomic mass is 79.9. The third-order valence-corrected chi connectivity index (χ3v) is 4.02. The van der Waals surface area contributed by atoms with Crippen molar-refractivity contribution in [1.29, 1.82) is 0 Å². The molecule has 106 valence electrons. The summed E-state index contributed by atoms with van der Waals surface area (Å²) < 4.78 is 2.35. The summed E-state index contributed by atoms with van der Waals surface area (Å²) in [6, 6.07) is 10.5. The van der Waals surface area contributed by atoms with Gasteiger partial charge in [0.05, 0.1) is 10.7 Å². The van der Waals surface area contributed by atoms with Crippen LogP contribution in [0.1, 0.15) is 0 Å². The van der Waals surface area contributed by atoms with Gasteiger partial charge in [0.15, 0.2) is 5.82 Å². The van der Waals surface area contributed by atoms with Gasteiger partial charge in [0, 0.05) is 20.7 Å². The highest BCUT2D eigenvalue weighted by Crippen LogP contribution is 2.31. The largest absolute Gasteiger partial charge is 0.399 e. The molecule has 0 unspecified atom stereocenters. The second-order valence-electron chi connectivity index (χ2n) is 4.25. The summed E-state index contributed by atoms with van der Waals surface area (Å²) in [5.41, 5.74) is 7.73. The third-order valence-electron chi connectivity index (χ3n) is 2.84. The molecular weight excluding hydrogens is 377 g/mol. The fourth-order valence-corrected chi connectivity index (χ4v) is 3.01. The van der Waals surface area contributed by atoms with Gasteiger partial charge >= 0.3 is 0 Å². The van der Waals surface area contributed by atoms with E-state index in [0.29, 0.717) is 27.1 Å². The van der Waals surface area contributed by atoms with E-state index in [1.807, 2.05) is 6.07 Å². The van der Waals surface area contributed by atoms with Gasteiger partial charge in [-0.05, 0) is 62.8 Å². The molecule has 0 aliphatic rings. The summed E-state index contributed by atoms with van der Waals surface area (Å²) in [6.45, 7) is 0. The van der Waals surface area contributed by atoms with E-state index < -0.39 is 0 Å². The molecule has 1 aromatic heterocycles. The van der Waals surface area contributed by atoms with Gasteiger partial charge in [-0.15, -0.1) is 5.10 Å². The number of nitrogens with two attached hydrogens (primary N) is 1. The number of nitrogens with zero attached hydrogens (tertiary/aromatic N) is 4. The van der Waals surface area contributed by atoms with Gasteiger partial charge < -0.3 is 5.73 Å². The van der Waals surface area contributed by atoms with Gasteiger partial charge in [-0.3, -0.25) is 0 Å². The van der Waals surface area contributed by atoms with Crippen molar-refractivity contribution in [3.8, 4) is 17.1 Å². The van der Waals surface area contributed by atoms with Gasteiger partial charge in [-0.1, -0.05) is 23.2 Å². The van der Waals surface area contributed by atoms with Gasteiger partial charge in [0.2, 0.25) is 0 Å². The van der Waals surface area contributed by atoms with E-state index in [9.17, 15) is 0 Å². The van der Waals surface area contributed by atoms with Crippen LogP contribution in [0.2, 0.25) is 10.0 Å². The Bertz CT molecular complexity index is 752. The maximum atomic E-state index is 6.22. The van der Waals surface area contributed by atoms with Crippen molar-refractivity contribution in [2.45, 2.75) is 0 Å². The summed E-state index contributed by atoms with van der Waals surface area (Å²) in [5, 5.41) is 12.9. The number of anilines is 1. The summed E-state index contributed by atoms with van der Waals surface area (Å²) in [5.74, 6) is 0.517. The van der Waals surface area contributed by atoms with Crippen molar-refractivity contribution < 1.29 is 0 Å². The molecular formula is C13H8BrCl2N5. The van der Waals surface area contributed by atoms with Crippen LogP contribution in [-0.4, -0.2) is 20.2 Å². The molecule has 0 fully saturated rings.